The highest BCUT2D eigenvalue weighted by Gasteiger charge is 2.25. The van der Waals surface area contributed by atoms with Gasteiger partial charge in [0.05, 0.1) is 15.5 Å². The topological polar surface area (TPSA) is 115 Å². The first-order valence-electron chi connectivity index (χ1n) is 10.0. The SMILES string of the molecule is CCN(CC)S(=O)(=O)c1ccc(Nc2cccc(OCc3ccccn3)c2)c([N+](=O)[O-])c1. The summed E-state index contributed by atoms with van der Waals surface area (Å²) in [5.74, 6) is 0.559. The molecule has 0 spiro atoms. The van der Waals surface area contributed by atoms with E-state index in [9.17, 15) is 18.5 Å². The largest absolute Gasteiger partial charge is 0.487 e. The lowest BCUT2D eigenvalue weighted by molar-refractivity contribution is -0.384. The highest BCUT2D eigenvalue weighted by atomic mass is 32.2. The second-order valence-electron chi connectivity index (χ2n) is 6.79. The Bertz CT molecular complexity index is 1180. The number of nitro benzene ring substituents is 1. The molecule has 1 aromatic heterocycles. The van der Waals surface area contributed by atoms with Gasteiger partial charge in [0.1, 0.15) is 18.0 Å². The smallest absolute Gasteiger partial charge is 0.294 e. The van der Waals surface area contributed by atoms with Gasteiger partial charge in [-0.25, -0.2) is 8.42 Å². The molecule has 0 aliphatic rings. The second kappa shape index (κ2) is 10.2. The van der Waals surface area contributed by atoms with E-state index < -0.39 is 14.9 Å². The van der Waals surface area contributed by atoms with Crippen LogP contribution in [0, 0.1) is 10.1 Å². The van der Waals surface area contributed by atoms with Crippen molar-refractivity contribution >= 4 is 27.1 Å². The first kappa shape index (κ1) is 23.2. The van der Waals surface area contributed by atoms with E-state index in [2.05, 4.69) is 10.3 Å². The van der Waals surface area contributed by atoms with Crippen LogP contribution < -0.4 is 10.1 Å². The van der Waals surface area contributed by atoms with E-state index in [1.54, 1.807) is 44.3 Å². The number of rotatable bonds is 10. The molecular formula is C22H24N4O5S. The van der Waals surface area contributed by atoms with E-state index in [1.807, 2.05) is 18.2 Å². The van der Waals surface area contributed by atoms with Crippen molar-refractivity contribution in [2.75, 3.05) is 18.4 Å². The number of pyridine rings is 1. The molecule has 0 saturated heterocycles. The predicted molar refractivity (Wildman–Crippen MR) is 121 cm³/mol. The molecule has 0 amide bonds. The Labute approximate surface area is 186 Å². The number of aromatic nitrogens is 1. The van der Waals surface area contributed by atoms with Crippen LogP contribution in [-0.4, -0.2) is 35.7 Å². The van der Waals surface area contributed by atoms with Crippen molar-refractivity contribution in [2.24, 2.45) is 0 Å². The standard InChI is InChI=1S/C22H24N4O5S/c1-3-25(4-2)32(29,30)20-11-12-21(22(15-20)26(27)28)24-17-9-7-10-19(14-17)31-16-18-8-5-6-13-23-18/h5-15,24H,3-4,16H2,1-2H3. The fourth-order valence-electron chi connectivity index (χ4n) is 3.10. The van der Waals surface area contributed by atoms with Gasteiger partial charge in [0.25, 0.3) is 5.69 Å². The number of nitrogens with zero attached hydrogens (tertiary/aromatic N) is 3. The number of hydrogen-bond acceptors (Lipinski definition) is 7. The van der Waals surface area contributed by atoms with Gasteiger partial charge < -0.3 is 10.1 Å². The molecule has 0 atom stereocenters. The minimum absolute atomic E-state index is 0.120. The first-order valence-corrected chi connectivity index (χ1v) is 11.5. The number of nitro groups is 1. The summed E-state index contributed by atoms with van der Waals surface area (Å²) < 4.78 is 32.5. The van der Waals surface area contributed by atoms with Gasteiger partial charge in [-0.3, -0.25) is 15.1 Å². The summed E-state index contributed by atoms with van der Waals surface area (Å²) >= 11 is 0. The number of anilines is 2. The molecule has 1 N–H and O–H groups in total. The van der Waals surface area contributed by atoms with Gasteiger partial charge in [0.15, 0.2) is 0 Å². The third-order valence-electron chi connectivity index (χ3n) is 4.73. The lowest BCUT2D eigenvalue weighted by atomic mass is 10.2. The lowest BCUT2D eigenvalue weighted by Crippen LogP contribution is -2.30. The van der Waals surface area contributed by atoms with Crippen LogP contribution in [0.2, 0.25) is 0 Å². The minimum atomic E-state index is -3.81. The molecule has 2 aromatic carbocycles. The molecule has 0 aliphatic carbocycles. The summed E-state index contributed by atoms with van der Waals surface area (Å²) in [6.45, 7) is 4.26. The number of hydrogen-bond donors (Lipinski definition) is 1. The van der Waals surface area contributed by atoms with Gasteiger partial charge in [-0.1, -0.05) is 26.0 Å². The molecule has 0 aliphatic heterocycles. The number of nitrogens with one attached hydrogen (secondary N) is 1. The Morgan fingerprint density at radius 2 is 1.84 bits per heavy atom. The van der Waals surface area contributed by atoms with Crippen LogP contribution in [0.5, 0.6) is 5.75 Å². The highest BCUT2D eigenvalue weighted by molar-refractivity contribution is 7.89. The van der Waals surface area contributed by atoms with E-state index >= 15 is 0 Å². The molecular weight excluding hydrogens is 432 g/mol. The van der Waals surface area contributed by atoms with Crippen LogP contribution in [0.3, 0.4) is 0 Å². The maximum Gasteiger partial charge on any atom is 0.294 e. The summed E-state index contributed by atoms with van der Waals surface area (Å²) in [6, 6.07) is 16.3. The highest BCUT2D eigenvalue weighted by Crippen LogP contribution is 2.32. The average molecular weight is 457 g/mol. The lowest BCUT2D eigenvalue weighted by Gasteiger charge is -2.18. The monoisotopic (exact) mass is 456 g/mol. The third-order valence-corrected chi connectivity index (χ3v) is 6.78. The van der Waals surface area contributed by atoms with Gasteiger partial charge >= 0.3 is 0 Å². The van der Waals surface area contributed by atoms with Gasteiger partial charge in [0.2, 0.25) is 10.0 Å². The van der Waals surface area contributed by atoms with Gasteiger partial charge in [-0.2, -0.15) is 4.31 Å². The summed E-state index contributed by atoms with van der Waals surface area (Å²) in [7, 11) is -3.81. The zero-order valence-electron chi connectivity index (χ0n) is 17.8. The predicted octanol–water partition coefficient (Wildman–Crippen LogP) is 4.34. The molecule has 3 aromatic rings. The second-order valence-corrected chi connectivity index (χ2v) is 8.73. The summed E-state index contributed by atoms with van der Waals surface area (Å²) in [5, 5.41) is 14.6. The van der Waals surface area contributed by atoms with Crippen molar-refractivity contribution < 1.29 is 18.1 Å². The van der Waals surface area contributed by atoms with Gasteiger partial charge in [-0.15, -0.1) is 0 Å². The van der Waals surface area contributed by atoms with Crippen molar-refractivity contribution in [1.29, 1.82) is 0 Å². The van der Waals surface area contributed by atoms with Crippen molar-refractivity contribution in [3.05, 3.63) is 82.7 Å². The molecule has 0 bridgehead atoms. The summed E-state index contributed by atoms with van der Waals surface area (Å²) in [6.07, 6.45) is 1.68. The number of sulfonamides is 1. The Morgan fingerprint density at radius 1 is 1.06 bits per heavy atom. The van der Waals surface area contributed by atoms with Crippen LogP contribution in [0.1, 0.15) is 19.5 Å². The van der Waals surface area contributed by atoms with Crippen LogP contribution in [0.4, 0.5) is 17.1 Å². The zero-order valence-corrected chi connectivity index (χ0v) is 18.6. The molecule has 9 nitrogen and oxygen atoms in total. The molecule has 0 fully saturated rings. The molecule has 0 radical (unpaired) electrons. The Kier molecular flexibility index (Phi) is 7.39. The molecule has 3 rings (SSSR count). The zero-order chi connectivity index (χ0) is 23.1. The van der Waals surface area contributed by atoms with E-state index in [1.165, 1.54) is 16.4 Å². The van der Waals surface area contributed by atoms with Crippen LogP contribution in [-0.2, 0) is 16.6 Å². The van der Waals surface area contributed by atoms with Crippen molar-refractivity contribution in [3.63, 3.8) is 0 Å². The molecule has 0 unspecified atom stereocenters. The van der Waals surface area contributed by atoms with Crippen molar-refractivity contribution in [3.8, 4) is 5.75 Å². The number of ether oxygens (including phenoxy) is 1. The summed E-state index contributed by atoms with van der Waals surface area (Å²) in [4.78, 5) is 15.1. The molecule has 168 valence electrons. The molecule has 32 heavy (non-hydrogen) atoms. The number of benzene rings is 2. The fourth-order valence-corrected chi connectivity index (χ4v) is 4.58. The van der Waals surface area contributed by atoms with Crippen LogP contribution >= 0.6 is 0 Å². The van der Waals surface area contributed by atoms with Gasteiger partial charge in [0, 0.05) is 37.1 Å². The van der Waals surface area contributed by atoms with Crippen molar-refractivity contribution in [2.45, 2.75) is 25.3 Å². The Balaban J connectivity index is 1.83. The van der Waals surface area contributed by atoms with E-state index in [0.717, 1.165) is 11.8 Å². The summed E-state index contributed by atoms with van der Waals surface area (Å²) in [5.41, 5.74) is 1.17. The van der Waals surface area contributed by atoms with Crippen LogP contribution in [0.15, 0.2) is 71.8 Å². The van der Waals surface area contributed by atoms with E-state index in [-0.39, 0.29) is 36.0 Å². The maximum atomic E-state index is 12.7. The molecule has 10 heteroatoms. The molecule has 0 saturated carbocycles. The van der Waals surface area contributed by atoms with E-state index in [0.29, 0.717) is 11.4 Å². The van der Waals surface area contributed by atoms with E-state index in [4.69, 9.17) is 4.74 Å². The third kappa shape index (κ3) is 5.40. The maximum absolute atomic E-state index is 12.7. The Hall–Kier alpha value is -3.50. The normalized spacial score (nSPS) is 11.3. The minimum Gasteiger partial charge on any atom is -0.487 e. The quantitative estimate of drug-likeness (QED) is 0.356. The first-order chi connectivity index (χ1) is 15.3. The Morgan fingerprint density at radius 3 is 2.50 bits per heavy atom. The molecule has 1 heterocycles. The van der Waals surface area contributed by atoms with Gasteiger partial charge in [-0.05, 0) is 36.4 Å². The van der Waals surface area contributed by atoms with Crippen molar-refractivity contribution in [1.82, 2.24) is 9.29 Å². The fraction of sp³-hybridized carbons (Fsp3) is 0.227. The average Bonchev–Trinajstić information content (AvgIpc) is 2.79. The van der Waals surface area contributed by atoms with Crippen LogP contribution in [0.25, 0.3) is 0 Å².